The van der Waals surface area contributed by atoms with Gasteiger partial charge in [-0.15, -0.1) is 0 Å². The fourth-order valence-corrected chi connectivity index (χ4v) is 1.44. The predicted octanol–water partition coefficient (Wildman–Crippen LogP) is 1.21. The van der Waals surface area contributed by atoms with Crippen molar-refractivity contribution >= 4 is 17.4 Å². The normalized spacial score (nSPS) is 10.9. The Labute approximate surface area is 88.5 Å². The molecule has 0 amide bonds. The summed E-state index contributed by atoms with van der Waals surface area (Å²) in [5.74, 6) is 0.0312. The summed E-state index contributed by atoms with van der Waals surface area (Å²) >= 11 is 5.84. The number of hydrogen-bond acceptors (Lipinski definition) is 3. The Morgan fingerprint density at radius 2 is 2.29 bits per heavy atom. The van der Waals surface area contributed by atoms with Crippen molar-refractivity contribution in [1.29, 1.82) is 0 Å². The molecule has 0 atom stereocenters. The van der Waals surface area contributed by atoms with Gasteiger partial charge in [-0.2, -0.15) is 5.10 Å². The Morgan fingerprint density at radius 3 is 2.71 bits per heavy atom. The molecule has 4 nitrogen and oxygen atoms in total. The molecule has 0 fully saturated rings. The van der Waals surface area contributed by atoms with Crippen molar-refractivity contribution in [3.05, 3.63) is 16.9 Å². The number of carbonyl (C=O) groups excluding carboxylic acids is 1. The van der Waals surface area contributed by atoms with Crippen molar-refractivity contribution < 1.29 is 4.79 Å². The van der Waals surface area contributed by atoms with Crippen molar-refractivity contribution in [2.24, 2.45) is 7.05 Å². The smallest absolute Gasteiger partial charge is 0.183 e. The van der Waals surface area contributed by atoms with Gasteiger partial charge in [0, 0.05) is 20.0 Å². The molecule has 0 aliphatic carbocycles. The van der Waals surface area contributed by atoms with Crippen LogP contribution in [0, 0.1) is 0 Å². The fourth-order valence-electron chi connectivity index (χ4n) is 1.17. The summed E-state index contributed by atoms with van der Waals surface area (Å²) in [5.41, 5.74) is 0.494. The van der Waals surface area contributed by atoms with Gasteiger partial charge in [0.1, 0.15) is 5.69 Å². The van der Waals surface area contributed by atoms with E-state index in [4.69, 9.17) is 11.6 Å². The average molecular weight is 216 g/mol. The molecule has 0 unspecified atom stereocenters. The molecule has 0 radical (unpaired) electrons. The molecular formula is C9H14ClN3O. The topological polar surface area (TPSA) is 38.1 Å². The molecule has 1 heterocycles. The molecule has 0 aromatic carbocycles. The average Bonchev–Trinajstić information content (AvgIpc) is 2.42. The van der Waals surface area contributed by atoms with Crippen LogP contribution in [0.2, 0.25) is 5.02 Å². The Hall–Kier alpha value is -0.870. The van der Waals surface area contributed by atoms with E-state index in [9.17, 15) is 4.79 Å². The van der Waals surface area contributed by atoms with Gasteiger partial charge in [0.25, 0.3) is 0 Å². The van der Waals surface area contributed by atoms with Crippen molar-refractivity contribution in [1.82, 2.24) is 14.7 Å². The Bertz CT molecular complexity index is 313. The minimum atomic E-state index is 0.0312. The molecule has 1 aromatic rings. The van der Waals surface area contributed by atoms with Crippen LogP contribution in [-0.2, 0) is 7.05 Å². The maximum atomic E-state index is 11.7. The van der Waals surface area contributed by atoms with Crippen LogP contribution in [0.1, 0.15) is 16.9 Å². The summed E-state index contributed by atoms with van der Waals surface area (Å²) in [4.78, 5) is 13.6. The van der Waals surface area contributed by atoms with Gasteiger partial charge in [-0.05, 0) is 14.1 Å². The second-order valence-electron chi connectivity index (χ2n) is 3.44. The molecule has 14 heavy (non-hydrogen) atoms. The number of halogens is 1. The van der Waals surface area contributed by atoms with E-state index in [-0.39, 0.29) is 5.78 Å². The lowest BCUT2D eigenvalue weighted by atomic mass is 10.2. The molecular weight excluding hydrogens is 202 g/mol. The summed E-state index contributed by atoms with van der Waals surface area (Å²) in [6.07, 6.45) is 1.96. The van der Waals surface area contributed by atoms with Gasteiger partial charge in [0.2, 0.25) is 0 Å². The summed E-state index contributed by atoms with van der Waals surface area (Å²) in [7, 11) is 5.57. The summed E-state index contributed by atoms with van der Waals surface area (Å²) < 4.78 is 1.51. The zero-order valence-corrected chi connectivity index (χ0v) is 9.38. The zero-order chi connectivity index (χ0) is 10.7. The van der Waals surface area contributed by atoms with E-state index < -0.39 is 0 Å². The molecule has 0 saturated heterocycles. The lowest BCUT2D eigenvalue weighted by Crippen LogP contribution is -2.18. The number of nitrogens with zero attached hydrogens (tertiary/aromatic N) is 3. The maximum Gasteiger partial charge on any atom is 0.183 e. The largest absolute Gasteiger partial charge is 0.309 e. The van der Waals surface area contributed by atoms with Crippen LogP contribution in [0.4, 0.5) is 0 Å². The summed E-state index contributed by atoms with van der Waals surface area (Å²) in [6, 6.07) is 0. The van der Waals surface area contributed by atoms with E-state index in [0.29, 0.717) is 17.1 Å². The van der Waals surface area contributed by atoms with Crippen LogP contribution in [0.15, 0.2) is 6.20 Å². The van der Waals surface area contributed by atoms with E-state index in [0.717, 1.165) is 6.54 Å². The molecule has 1 aromatic heterocycles. The first-order valence-corrected chi connectivity index (χ1v) is 4.75. The Kier molecular flexibility index (Phi) is 3.66. The number of carbonyl (C=O) groups is 1. The SMILES string of the molecule is CN(C)CCC(=O)c1c(Cl)cnn1C. The number of rotatable bonds is 4. The van der Waals surface area contributed by atoms with Crippen LogP contribution < -0.4 is 0 Å². The van der Waals surface area contributed by atoms with E-state index >= 15 is 0 Å². The number of ketones is 1. The van der Waals surface area contributed by atoms with Crippen LogP contribution in [0.25, 0.3) is 0 Å². The van der Waals surface area contributed by atoms with Crippen LogP contribution >= 0.6 is 11.6 Å². The van der Waals surface area contributed by atoms with Gasteiger partial charge in [0.15, 0.2) is 5.78 Å². The van der Waals surface area contributed by atoms with Crippen molar-refractivity contribution in [3.8, 4) is 0 Å². The van der Waals surface area contributed by atoms with Gasteiger partial charge in [-0.3, -0.25) is 9.48 Å². The molecule has 78 valence electrons. The maximum absolute atomic E-state index is 11.7. The molecule has 0 saturated carbocycles. The molecule has 0 aliphatic rings. The highest BCUT2D eigenvalue weighted by Gasteiger charge is 2.14. The minimum Gasteiger partial charge on any atom is -0.309 e. The number of Topliss-reactive ketones (excluding diaryl/α,β-unsaturated/α-hetero) is 1. The first-order chi connectivity index (χ1) is 6.52. The van der Waals surface area contributed by atoms with Crippen LogP contribution in [-0.4, -0.2) is 41.1 Å². The van der Waals surface area contributed by atoms with Crippen molar-refractivity contribution in [2.45, 2.75) is 6.42 Å². The third-order valence-corrected chi connectivity index (χ3v) is 2.22. The standard InChI is InChI=1S/C9H14ClN3O/c1-12(2)5-4-8(14)9-7(10)6-11-13(9)3/h6H,4-5H2,1-3H3. The van der Waals surface area contributed by atoms with E-state index in [2.05, 4.69) is 5.10 Å². The van der Waals surface area contributed by atoms with Gasteiger partial charge >= 0.3 is 0 Å². The van der Waals surface area contributed by atoms with Gasteiger partial charge in [0.05, 0.1) is 11.2 Å². The van der Waals surface area contributed by atoms with Crippen LogP contribution in [0.5, 0.6) is 0 Å². The highest BCUT2D eigenvalue weighted by Crippen LogP contribution is 2.15. The Morgan fingerprint density at radius 1 is 1.64 bits per heavy atom. The molecule has 1 rings (SSSR count). The monoisotopic (exact) mass is 215 g/mol. The number of aryl methyl sites for hydroxylation is 1. The van der Waals surface area contributed by atoms with E-state index in [1.807, 2.05) is 19.0 Å². The quantitative estimate of drug-likeness (QED) is 0.709. The summed E-state index contributed by atoms with van der Waals surface area (Å²) in [6.45, 7) is 0.723. The molecule has 0 bridgehead atoms. The van der Waals surface area contributed by atoms with Crippen molar-refractivity contribution in [3.63, 3.8) is 0 Å². The lowest BCUT2D eigenvalue weighted by molar-refractivity contribution is 0.0963. The van der Waals surface area contributed by atoms with Gasteiger partial charge in [-0.25, -0.2) is 0 Å². The first kappa shape index (κ1) is 11.2. The van der Waals surface area contributed by atoms with Gasteiger partial charge < -0.3 is 4.90 Å². The number of aromatic nitrogens is 2. The zero-order valence-electron chi connectivity index (χ0n) is 8.62. The third kappa shape index (κ3) is 2.56. The molecule has 0 spiro atoms. The van der Waals surface area contributed by atoms with E-state index in [1.54, 1.807) is 7.05 Å². The highest BCUT2D eigenvalue weighted by molar-refractivity contribution is 6.33. The molecule has 0 aliphatic heterocycles. The fraction of sp³-hybridized carbons (Fsp3) is 0.556. The predicted molar refractivity (Wildman–Crippen MR) is 55.7 cm³/mol. The van der Waals surface area contributed by atoms with E-state index in [1.165, 1.54) is 10.9 Å². The summed E-state index contributed by atoms with van der Waals surface area (Å²) in [5, 5.41) is 4.34. The second kappa shape index (κ2) is 4.57. The lowest BCUT2D eigenvalue weighted by Gasteiger charge is -2.08. The molecule has 5 heteroatoms. The van der Waals surface area contributed by atoms with Gasteiger partial charge in [-0.1, -0.05) is 11.6 Å². The highest BCUT2D eigenvalue weighted by atomic mass is 35.5. The molecule has 0 N–H and O–H groups in total. The number of hydrogen-bond donors (Lipinski definition) is 0. The first-order valence-electron chi connectivity index (χ1n) is 4.38. The Balaban J connectivity index is 2.70. The van der Waals surface area contributed by atoms with Crippen molar-refractivity contribution in [2.75, 3.05) is 20.6 Å². The minimum absolute atomic E-state index is 0.0312. The van der Waals surface area contributed by atoms with Crippen LogP contribution in [0.3, 0.4) is 0 Å². The second-order valence-corrected chi connectivity index (χ2v) is 3.85. The third-order valence-electron chi connectivity index (χ3n) is 1.94.